The third kappa shape index (κ3) is 8.83. The van der Waals surface area contributed by atoms with Crippen molar-refractivity contribution in [3.63, 3.8) is 0 Å². The molecule has 2 aromatic carbocycles. The second kappa shape index (κ2) is 15.5. The van der Waals surface area contributed by atoms with Gasteiger partial charge in [-0.25, -0.2) is 9.59 Å². The van der Waals surface area contributed by atoms with Gasteiger partial charge in [0.05, 0.1) is 24.3 Å². The molecule has 2 N–H and O–H groups in total. The zero-order chi connectivity index (χ0) is 32.4. The smallest absolute Gasteiger partial charge is 0.341 e. The molecule has 0 aliphatic carbocycles. The number of amides is 1. The third-order valence-electron chi connectivity index (χ3n) is 6.57. The number of pyridine rings is 1. The van der Waals surface area contributed by atoms with Crippen LogP contribution in [0.4, 0.5) is 0 Å². The van der Waals surface area contributed by atoms with Gasteiger partial charge in [-0.1, -0.05) is 36.4 Å². The molecule has 45 heavy (non-hydrogen) atoms. The maximum absolute atomic E-state index is 13.3. The Hall–Kier alpha value is -4.42. The van der Waals surface area contributed by atoms with Gasteiger partial charge >= 0.3 is 31.7 Å². The number of esters is 3. The van der Waals surface area contributed by atoms with Gasteiger partial charge in [-0.3, -0.25) is 14.2 Å². The molecule has 0 radical (unpaired) electrons. The number of hydrogen-bond donors (Lipinski definition) is 1. The maximum atomic E-state index is 13.3. The number of ether oxygens (including phenoxy) is 4. The molecule has 1 fully saturated rings. The fourth-order valence-electron chi connectivity index (χ4n) is 4.60. The Morgan fingerprint density at radius 1 is 0.800 bits per heavy atom. The molecule has 2 heterocycles. The van der Waals surface area contributed by atoms with Gasteiger partial charge in [0, 0.05) is 6.07 Å². The lowest BCUT2D eigenvalue weighted by Gasteiger charge is -2.23. The van der Waals surface area contributed by atoms with E-state index in [4.69, 9.17) is 33.7 Å². The van der Waals surface area contributed by atoms with E-state index in [-0.39, 0.29) is 29.9 Å². The summed E-state index contributed by atoms with van der Waals surface area (Å²) >= 11 is 0. The number of nitrogens with two attached hydrogens (primary N) is 1. The molecule has 0 unspecified atom stereocenters. The van der Waals surface area contributed by atoms with E-state index in [1.165, 1.54) is 41.2 Å². The van der Waals surface area contributed by atoms with Crippen LogP contribution >= 0.6 is 7.60 Å². The Morgan fingerprint density at radius 2 is 1.38 bits per heavy atom. The van der Waals surface area contributed by atoms with Crippen molar-refractivity contribution in [2.45, 2.75) is 38.4 Å². The molecular formula is C31H34N2O11P+. The Labute approximate surface area is 259 Å². The highest BCUT2D eigenvalue weighted by atomic mass is 31.2. The molecule has 14 heteroatoms. The monoisotopic (exact) mass is 641 g/mol. The van der Waals surface area contributed by atoms with Crippen LogP contribution in [0, 0.1) is 0 Å². The highest BCUT2D eigenvalue weighted by molar-refractivity contribution is 7.54. The van der Waals surface area contributed by atoms with Gasteiger partial charge < -0.3 is 33.7 Å². The number of benzene rings is 2. The third-order valence-corrected chi connectivity index (χ3v) is 8.52. The first kappa shape index (κ1) is 33.5. The van der Waals surface area contributed by atoms with E-state index >= 15 is 0 Å². The van der Waals surface area contributed by atoms with Crippen molar-refractivity contribution in [2.75, 3.05) is 26.0 Å². The first-order chi connectivity index (χ1) is 21.6. The largest absolute Gasteiger partial charge is 0.459 e. The minimum Gasteiger partial charge on any atom is -0.459 e. The number of carbonyl (C=O) groups is 4. The number of primary amides is 1. The summed E-state index contributed by atoms with van der Waals surface area (Å²) in [4.78, 5) is 51.2. The first-order valence-electron chi connectivity index (χ1n) is 14.2. The van der Waals surface area contributed by atoms with Crippen LogP contribution in [0.5, 0.6) is 0 Å². The van der Waals surface area contributed by atoms with Crippen molar-refractivity contribution in [1.82, 2.24) is 0 Å². The SMILES string of the molecule is CCOP(=O)(CC(=O)O[C@@H]1[C@H](OC(=O)c2ccccc2)[C@@H](COC(=O)c2ccccc2)O[C@H]1[n+]1cccc(C(N)=O)c1)OCC. The molecule has 0 bridgehead atoms. The van der Waals surface area contributed by atoms with Crippen LogP contribution in [-0.4, -0.2) is 68.1 Å². The van der Waals surface area contributed by atoms with E-state index in [1.54, 1.807) is 62.4 Å². The molecule has 0 saturated carbocycles. The summed E-state index contributed by atoms with van der Waals surface area (Å²) in [6.45, 7) is 2.82. The number of rotatable bonds is 14. The fourth-order valence-corrected chi connectivity index (χ4v) is 6.03. The second-order valence-electron chi connectivity index (χ2n) is 9.73. The standard InChI is InChI=1S/C31H33N2O11P/c1-3-40-45(38,41-4-2)20-25(34)43-27-26(44-31(37)22-14-9-6-10-15-22)24(19-39-30(36)21-12-7-5-8-13-21)42-29(27)33-17-11-16-23(18-33)28(32)35/h5-18,24,26-27,29H,3-4,19-20H2,1-2H3,(H-,32,35)/p+1/t24-,26-,27-,29-/m1/s1. The predicted molar refractivity (Wildman–Crippen MR) is 157 cm³/mol. The van der Waals surface area contributed by atoms with Crippen LogP contribution in [0.25, 0.3) is 0 Å². The average Bonchev–Trinajstić information content (AvgIpc) is 3.36. The summed E-state index contributed by atoms with van der Waals surface area (Å²) in [7, 11) is -3.88. The van der Waals surface area contributed by atoms with Crippen molar-refractivity contribution >= 4 is 31.4 Å². The van der Waals surface area contributed by atoms with Crippen LogP contribution < -0.4 is 10.3 Å². The molecule has 13 nitrogen and oxygen atoms in total. The molecule has 4 atom stereocenters. The minimum absolute atomic E-state index is 0.0155. The Kier molecular flexibility index (Phi) is 11.6. The molecule has 238 valence electrons. The first-order valence-corrected chi connectivity index (χ1v) is 15.9. The summed E-state index contributed by atoms with van der Waals surface area (Å²) in [5.41, 5.74) is 6.07. The highest BCUT2D eigenvalue weighted by Crippen LogP contribution is 2.48. The number of hydrogen-bond acceptors (Lipinski definition) is 11. The van der Waals surface area contributed by atoms with E-state index < -0.39 is 68.7 Å². The molecule has 1 amide bonds. The minimum atomic E-state index is -3.88. The normalized spacial score (nSPS) is 19.4. The van der Waals surface area contributed by atoms with E-state index in [9.17, 15) is 23.7 Å². The molecule has 1 aromatic heterocycles. The summed E-state index contributed by atoms with van der Waals surface area (Å²) in [5, 5.41) is 0. The fraction of sp³-hybridized carbons (Fsp3) is 0.323. The Morgan fingerprint density at radius 3 is 1.96 bits per heavy atom. The molecule has 4 rings (SSSR count). The van der Waals surface area contributed by atoms with Crippen molar-refractivity contribution in [3.8, 4) is 0 Å². The van der Waals surface area contributed by atoms with Crippen LogP contribution in [-0.2, 0) is 37.4 Å². The lowest BCUT2D eigenvalue weighted by Crippen LogP contribution is -2.49. The molecule has 0 spiro atoms. The van der Waals surface area contributed by atoms with Crippen molar-refractivity contribution < 1.29 is 56.3 Å². The van der Waals surface area contributed by atoms with Gasteiger partial charge in [0.1, 0.15) is 24.4 Å². The summed E-state index contributed by atoms with van der Waals surface area (Å²) in [6, 6.07) is 19.3. The van der Waals surface area contributed by atoms with Gasteiger partial charge in [0.15, 0.2) is 18.5 Å². The Balaban J connectivity index is 1.69. The van der Waals surface area contributed by atoms with Gasteiger partial charge in [-0.05, 0) is 44.2 Å². The molecule has 1 aliphatic heterocycles. The quantitative estimate of drug-likeness (QED) is 0.119. The van der Waals surface area contributed by atoms with E-state index in [1.807, 2.05) is 0 Å². The van der Waals surface area contributed by atoms with Crippen LogP contribution in [0.3, 0.4) is 0 Å². The number of aromatic nitrogens is 1. The van der Waals surface area contributed by atoms with Crippen molar-refractivity contribution in [1.29, 1.82) is 0 Å². The van der Waals surface area contributed by atoms with Crippen molar-refractivity contribution in [2.24, 2.45) is 5.73 Å². The van der Waals surface area contributed by atoms with E-state index in [0.717, 1.165) is 0 Å². The van der Waals surface area contributed by atoms with E-state index in [2.05, 4.69) is 0 Å². The summed E-state index contributed by atoms with van der Waals surface area (Å²) < 4.78 is 48.3. The predicted octanol–water partition coefficient (Wildman–Crippen LogP) is 3.23. The van der Waals surface area contributed by atoms with Crippen LogP contribution in [0.1, 0.15) is 51.1 Å². The highest BCUT2D eigenvalue weighted by Gasteiger charge is 2.55. The van der Waals surface area contributed by atoms with Crippen molar-refractivity contribution in [3.05, 3.63) is 102 Å². The van der Waals surface area contributed by atoms with Gasteiger partial charge in [-0.2, -0.15) is 4.57 Å². The molecule has 3 aromatic rings. The summed E-state index contributed by atoms with van der Waals surface area (Å²) in [5.74, 6) is -3.16. The van der Waals surface area contributed by atoms with Gasteiger partial charge in [-0.15, -0.1) is 0 Å². The lowest BCUT2D eigenvalue weighted by molar-refractivity contribution is -0.765. The second-order valence-corrected chi connectivity index (χ2v) is 11.8. The molecule has 1 saturated heterocycles. The Bertz CT molecular complexity index is 1530. The zero-order valence-electron chi connectivity index (χ0n) is 24.7. The molecule has 1 aliphatic rings. The van der Waals surface area contributed by atoms with Gasteiger partial charge in [0.2, 0.25) is 6.10 Å². The zero-order valence-corrected chi connectivity index (χ0v) is 25.6. The van der Waals surface area contributed by atoms with Crippen LogP contribution in [0.15, 0.2) is 85.2 Å². The lowest BCUT2D eigenvalue weighted by atomic mass is 10.1. The van der Waals surface area contributed by atoms with Crippen LogP contribution in [0.2, 0.25) is 0 Å². The summed E-state index contributed by atoms with van der Waals surface area (Å²) in [6.07, 6.45) is -2.92. The maximum Gasteiger partial charge on any atom is 0.341 e. The molecular weight excluding hydrogens is 607 g/mol. The number of carbonyl (C=O) groups excluding carboxylic acids is 4. The van der Waals surface area contributed by atoms with E-state index in [0.29, 0.717) is 0 Å². The topological polar surface area (TPSA) is 171 Å². The number of nitrogens with zero attached hydrogens (tertiary/aromatic N) is 1. The van der Waals surface area contributed by atoms with Gasteiger partial charge in [0.25, 0.3) is 5.91 Å². The average molecular weight is 642 g/mol.